The Bertz CT molecular complexity index is 571. The topological polar surface area (TPSA) is 37.3 Å². The molecule has 0 fully saturated rings. The van der Waals surface area contributed by atoms with Crippen molar-refractivity contribution in [3.05, 3.63) is 66.2 Å². The van der Waals surface area contributed by atoms with Gasteiger partial charge in [0.2, 0.25) is 0 Å². The molecule has 0 aliphatic rings. The maximum absolute atomic E-state index is 10.4. The minimum atomic E-state index is -0.761. The van der Waals surface area contributed by atoms with Crippen LogP contribution in [0.2, 0.25) is 0 Å². The van der Waals surface area contributed by atoms with E-state index in [-0.39, 0.29) is 6.42 Å². The molecule has 0 bridgehead atoms. The molecule has 0 aromatic heterocycles. The van der Waals surface area contributed by atoms with Gasteiger partial charge >= 0.3 is 5.97 Å². The fraction of sp³-hybridized carbons (Fsp3) is 0.118. The molecular weight excluding hydrogens is 236 g/mol. The predicted octanol–water partition coefficient (Wildman–Crippen LogP) is 4.23. The molecule has 0 atom stereocenters. The van der Waals surface area contributed by atoms with Crippen LogP contribution >= 0.6 is 0 Å². The van der Waals surface area contributed by atoms with E-state index < -0.39 is 5.97 Å². The van der Waals surface area contributed by atoms with Crippen molar-refractivity contribution in [3.63, 3.8) is 0 Å². The number of aliphatic carboxylic acids is 1. The Balaban J connectivity index is 2.09. The first-order valence-electron chi connectivity index (χ1n) is 6.29. The Morgan fingerprint density at radius 1 is 1.00 bits per heavy atom. The number of carbonyl (C=O) groups is 1. The van der Waals surface area contributed by atoms with Crippen LogP contribution in [0.1, 0.15) is 18.4 Å². The van der Waals surface area contributed by atoms with Crippen molar-refractivity contribution in [1.29, 1.82) is 0 Å². The standard InChI is InChI=1S/C17H16O2/c18-17(19)12-5-4-7-14-8-6-11-16(13-14)15-9-2-1-3-10-15/h1-4,6-11,13H,5,12H2,(H,18,19). The quantitative estimate of drug-likeness (QED) is 0.864. The molecule has 2 heteroatoms. The fourth-order valence-corrected chi connectivity index (χ4v) is 1.88. The van der Waals surface area contributed by atoms with Gasteiger partial charge in [-0.1, -0.05) is 60.7 Å². The molecule has 0 unspecified atom stereocenters. The monoisotopic (exact) mass is 252 g/mol. The third kappa shape index (κ3) is 4.11. The Morgan fingerprint density at radius 3 is 2.47 bits per heavy atom. The fourth-order valence-electron chi connectivity index (χ4n) is 1.88. The Morgan fingerprint density at radius 2 is 1.74 bits per heavy atom. The van der Waals surface area contributed by atoms with Gasteiger partial charge in [0.1, 0.15) is 0 Å². The summed E-state index contributed by atoms with van der Waals surface area (Å²) in [5.74, 6) is -0.761. The van der Waals surface area contributed by atoms with Crippen LogP contribution in [0.3, 0.4) is 0 Å². The summed E-state index contributed by atoms with van der Waals surface area (Å²) in [5.41, 5.74) is 3.44. The van der Waals surface area contributed by atoms with Crippen molar-refractivity contribution < 1.29 is 9.90 Å². The summed E-state index contributed by atoms with van der Waals surface area (Å²) in [7, 11) is 0. The first-order chi connectivity index (χ1) is 9.25. The average molecular weight is 252 g/mol. The lowest BCUT2D eigenvalue weighted by Crippen LogP contribution is -1.91. The van der Waals surface area contributed by atoms with Crippen LogP contribution in [-0.4, -0.2) is 11.1 Å². The number of rotatable bonds is 5. The van der Waals surface area contributed by atoms with Crippen molar-refractivity contribution >= 4 is 12.0 Å². The zero-order valence-electron chi connectivity index (χ0n) is 10.6. The normalized spacial score (nSPS) is 10.7. The first kappa shape index (κ1) is 13.1. The molecular formula is C17H16O2. The van der Waals surface area contributed by atoms with Gasteiger partial charge in [-0.15, -0.1) is 0 Å². The van der Waals surface area contributed by atoms with Crippen LogP contribution in [0.5, 0.6) is 0 Å². The van der Waals surface area contributed by atoms with Gasteiger partial charge in [-0.25, -0.2) is 0 Å². The number of hydrogen-bond donors (Lipinski definition) is 1. The van der Waals surface area contributed by atoms with Crippen molar-refractivity contribution in [1.82, 2.24) is 0 Å². The molecule has 2 rings (SSSR count). The number of carboxylic acids is 1. The summed E-state index contributed by atoms with van der Waals surface area (Å²) >= 11 is 0. The second kappa shape index (κ2) is 6.55. The molecule has 0 spiro atoms. The number of carboxylic acid groups (broad SMARTS) is 1. The molecule has 2 aromatic carbocycles. The van der Waals surface area contributed by atoms with E-state index in [0.717, 1.165) is 5.56 Å². The maximum Gasteiger partial charge on any atom is 0.303 e. The highest BCUT2D eigenvalue weighted by atomic mass is 16.4. The molecule has 0 saturated heterocycles. The van der Waals surface area contributed by atoms with Crippen LogP contribution < -0.4 is 0 Å². The molecule has 0 aliphatic heterocycles. The molecule has 0 heterocycles. The Hall–Kier alpha value is -2.35. The molecule has 2 aromatic rings. The van der Waals surface area contributed by atoms with E-state index in [1.54, 1.807) is 0 Å². The highest BCUT2D eigenvalue weighted by molar-refractivity contribution is 5.68. The molecule has 0 radical (unpaired) electrons. The number of benzene rings is 2. The van der Waals surface area contributed by atoms with E-state index in [1.807, 2.05) is 42.5 Å². The largest absolute Gasteiger partial charge is 0.481 e. The van der Waals surface area contributed by atoms with E-state index in [2.05, 4.69) is 24.3 Å². The Labute approximate surface area is 113 Å². The molecule has 1 N–H and O–H groups in total. The molecule has 0 aliphatic carbocycles. The van der Waals surface area contributed by atoms with Gasteiger partial charge in [0, 0.05) is 6.42 Å². The minimum Gasteiger partial charge on any atom is -0.481 e. The first-order valence-corrected chi connectivity index (χ1v) is 6.29. The average Bonchev–Trinajstić information content (AvgIpc) is 2.45. The smallest absolute Gasteiger partial charge is 0.303 e. The number of hydrogen-bond acceptors (Lipinski definition) is 1. The van der Waals surface area contributed by atoms with Gasteiger partial charge in [-0.3, -0.25) is 4.79 Å². The lowest BCUT2D eigenvalue weighted by molar-refractivity contribution is -0.136. The van der Waals surface area contributed by atoms with Gasteiger partial charge in [-0.2, -0.15) is 0 Å². The third-order valence-electron chi connectivity index (χ3n) is 2.83. The van der Waals surface area contributed by atoms with Crippen molar-refractivity contribution in [2.75, 3.05) is 0 Å². The van der Waals surface area contributed by atoms with E-state index in [4.69, 9.17) is 5.11 Å². The van der Waals surface area contributed by atoms with Crippen LogP contribution in [0.4, 0.5) is 0 Å². The summed E-state index contributed by atoms with van der Waals surface area (Å²) in [4.78, 5) is 10.4. The van der Waals surface area contributed by atoms with E-state index in [9.17, 15) is 4.79 Å². The highest BCUT2D eigenvalue weighted by Gasteiger charge is 1.97. The molecule has 19 heavy (non-hydrogen) atoms. The second-order valence-corrected chi connectivity index (χ2v) is 4.33. The summed E-state index contributed by atoms with van der Waals surface area (Å²) in [6.45, 7) is 0. The summed E-state index contributed by atoms with van der Waals surface area (Å²) in [6.07, 6.45) is 4.60. The molecule has 0 amide bonds. The summed E-state index contributed by atoms with van der Waals surface area (Å²) in [5, 5.41) is 8.57. The lowest BCUT2D eigenvalue weighted by Gasteiger charge is -2.02. The predicted molar refractivity (Wildman–Crippen MR) is 77.8 cm³/mol. The zero-order valence-corrected chi connectivity index (χ0v) is 10.6. The van der Waals surface area contributed by atoms with Gasteiger partial charge < -0.3 is 5.11 Å². The van der Waals surface area contributed by atoms with Crippen LogP contribution in [0.25, 0.3) is 17.2 Å². The van der Waals surface area contributed by atoms with Gasteiger partial charge in [0.05, 0.1) is 0 Å². The summed E-state index contributed by atoms with van der Waals surface area (Å²) in [6, 6.07) is 18.4. The third-order valence-corrected chi connectivity index (χ3v) is 2.83. The van der Waals surface area contributed by atoms with Crippen LogP contribution in [-0.2, 0) is 4.79 Å². The SMILES string of the molecule is O=C(O)CCC=Cc1cccc(-c2ccccc2)c1. The van der Waals surface area contributed by atoms with Gasteiger partial charge in [0.15, 0.2) is 0 Å². The van der Waals surface area contributed by atoms with E-state index >= 15 is 0 Å². The maximum atomic E-state index is 10.4. The van der Waals surface area contributed by atoms with Gasteiger partial charge in [0.25, 0.3) is 0 Å². The van der Waals surface area contributed by atoms with Crippen LogP contribution in [0.15, 0.2) is 60.7 Å². The molecule has 96 valence electrons. The van der Waals surface area contributed by atoms with Gasteiger partial charge in [-0.05, 0) is 29.2 Å². The van der Waals surface area contributed by atoms with Crippen molar-refractivity contribution in [3.8, 4) is 11.1 Å². The number of allylic oxidation sites excluding steroid dienone is 1. The zero-order chi connectivity index (χ0) is 13.5. The highest BCUT2D eigenvalue weighted by Crippen LogP contribution is 2.20. The van der Waals surface area contributed by atoms with E-state index in [0.29, 0.717) is 6.42 Å². The molecule has 2 nitrogen and oxygen atoms in total. The van der Waals surface area contributed by atoms with Crippen molar-refractivity contribution in [2.45, 2.75) is 12.8 Å². The Kier molecular flexibility index (Phi) is 4.51. The van der Waals surface area contributed by atoms with E-state index in [1.165, 1.54) is 11.1 Å². The second-order valence-electron chi connectivity index (χ2n) is 4.33. The minimum absolute atomic E-state index is 0.175. The van der Waals surface area contributed by atoms with Crippen LogP contribution in [0, 0.1) is 0 Å². The summed E-state index contributed by atoms with van der Waals surface area (Å²) < 4.78 is 0. The lowest BCUT2D eigenvalue weighted by atomic mass is 10.0. The molecule has 0 saturated carbocycles. The van der Waals surface area contributed by atoms with Crippen molar-refractivity contribution in [2.24, 2.45) is 0 Å².